The minimum absolute atomic E-state index is 0.0231. The predicted octanol–water partition coefficient (Wildman–Crippen LogP) is 3.31. The highest BCUT2D eigenvalue weighted by Gasteiger charge is 2.37. The van der Waals surface area contributed by atoms with Crippen LogP contribution in [0.1, 0.15) is 55.2 Å². The Morgan fingerprint density at radius 1 is 0.825 bits per heavy atom. The Morgan fingerprint density at radius 3 is 2.29 bits per heavy atom. The second-order valence-corrected chi connectivity index (χ2v) is 17.7. The van der Waals surface area contributed by atoms with Crippen LogP contribution >= 0.6 is 0 Å². The number of aromatic nitrogens is 1. The van der Waals surface area contributed by atoms with Crippen LogP contribution in [0.3, 0.4) is 0 Å². The molecule has 5 aliphatic rings. The van der Waals surface area contributed by atoms with Gasteiger partial charge in [0, 0.05) is 116 Å². The minimum Gasteiger partial charge on any atom is -0.466 e. The molecule has 2 aromatic carbocycles. The van der Waals surface area contributed by atoms with Gasteiger partial charge in [0.05, 0.1) is 31.8 Å². The summed E-state index contributed by atoms with van der Waals surface area (Å²) in [6.45, 7) is 13.4. The number of rotatable bonds is 13. The lowest BCUT2D eigenvalue weighted by Crippen LogP contribution is -2.55. The second-order valence-electron chi connectivity index (χ2n) is 17.7. The number of morpholine rings is 1. The fourth-order valence-corrected chi connectivity index (χ4v) is 10.0. The molecule has 4 saturated heterocycles. The van der Waals surface area contributed by atoms with Crippen LogP contribution in [0.4, 0.5) is 15.3 Å². The molecule has 63 heavy (non-hydrogen) atoms. The molecule has 6 heterocycles. The van der Waals surface area contributed by atoms with Gasteiger partial charge in [-0.25, -0.2) is 14.4 Å². The van der Waals surface area contributed by atoms with E-state index in [4.69, 9.17) is 18.6 Å². The third-order valence-electron chi connectivity index (χ3n) is 13.7. The highest BCUT2D eigenvalue weighted by molar-refractivity contribution is 5.91. The first-order chi connectivity index (χ1) is 30.6. The number of anilines is 1. The number of carbonyl (C=O) groups is 4. The Morgan fingerprint density at radius 2 is 1.52 bits per heavy atom. The fraction of sp³-hybridized carbons (Fsp3) is 0.630. The van der Waals surface area contributed by atoms with Crippen LogP contribution in [0.5, 0.6) is 0 Å². The molecule has 4 fully saturated rings. The first-order valence-corrected chi connectivity index (χ1v) is 23.0. The molecular weight excluding hydrogens is 809 g/mol. The number of hydrogen-bond donors (Lipinski definition) is 1. The van der Waals surface area contributed by atoms with Gasteiger partial charge in [0.2, 0.25) is 0 Å². The van der Waals surface area contributed by atoms with Gasteiger partial charge in [-0.05, 0) is 74.3 Å². The van der Waals surface area contributed by atoms with E-state index in [0.29, 0.717) is 82.3 Å². The number of nitrogens with one attached hydrogen (secondary N) is 1. The molecule has 8 rings (SSSR count). The Kier molecular flexibility index (Phi) is 14.7. The predicted molar refractivity (Wildman–Crippen MR) is 236 cm³/mol. The van der Waals surface area contributed by atoms with Gasteiger partial charge in [0.25, 0.3) is 5.91 Å². The number of hydrogen-bond acceptors (Lipinski definition) is 12. The molecular formula is C46H64N8O9. The molecule has 1 N–H and O–H groups in total. The zero-order valence-corrected chi connectivity index (χ0v) is 37.0. The van der Waals surface area contributed by atoms with Crippen molar-refractivity contribution in [3.8, 4) is 0 Å². The molecule has 3 aromatic rings. The monoisotopic (exact) mass is 872 g/mol. The summed E-state index contributed by atoms with van der Waals surface area (Å²) in [5, 5.41) is 3.05. The van der Waals surface area contributed by atoms with E-state index >= 15 is 0 Å². The van der Waals surface area contributed by atoms with E-state index < -0.39 is 18.0 Å². The molecule has 1 aromatic heterocycles. The van der Waals surface area contributed by atoms with E-state index in [1.807, 2.05) is 47.1 Å². The number of carbonyl (C=O) groups excluding carboxylic acids is 4. The van der Waals surface area contributed by atoms with Crippen LogP contribution in [0.25, 0.3) is 11.1 Å². The van der Waals surface area contributed by atoms with Gasteiger partial charge in [-0.2, -0.15) is 0 Å². The number of nitrogens with zero attached hydrogens (tertiary/aromatic N) is 7. The van der Waals surface area contributed by atoms with Crippen molar-refractivity contribution >= 4 is 40.8 Å². The molecule has 4 amide bonds. The standard InChI is InChI=1S/C46H64N8O9/c1-33-30-34(31-39-42(33)48(2)45(58)62-39)32-40(63-46(59)53-18-11-37(12-19-53)54-20-8-35-6-3-4-7-38(35)47-44(54)57)43(56)52-16-9-36(10-17-52)51-23-21-50(22-24-51)15-13-41(55)61-27-5-14-49-25-28-60-29-26-49/h3-4,6-7,30-31,36-37,40H,5,8-29,32H2,1-2H3,(H,47,57)/t40-/m1/s1. The molecule has 0 unspecified atom stereocenters. The van der Waals surface area contributed by atoms with Crippen molar-refractivity contribution in [1.82, 2.24) is 34.0 Å². The Labute approximate surface area is 369 Å². The van der Waals surface area contributed by atoms with Gasteiger partial charge in [-0.1, -0.05) is 24.3 Å². The maximum absolute atomic E-state index is 14.4. The van der Waals surface area contributed by atoms with Crippen molar-refractivity contribution < 1.29 is 37.8 Å². The molecule has 5 aliphatic heterocycles. The van der Waals surface area contributed by atoms with Crippen LogP contribution in [0.2, 0.25) is 0 Å². The fourth-order valence-electron chi connectivity index (χ4n) is 10.0. The normalized spacial score (nSPS) is 20.6. The summed E-state index contributed by atoms with van der Waals surface area (Å²) in [4.78, 5) is 78.8. The minimum atomic E-state index is -1.08. The molecule has 1 atom stereocenters. The maximum Gasteiger partial charge on any atom is 0.419 e. The number of aryl methyl sites for hydroxylation is 2. The summed E-state index contributed by atoms with van der Waals surface area (Å²) < 4.78 is 24.0. The molecule has 0 bridgehead atoms. The maximum atomic E-state index is 14.4. The number of esters is 1. The van der Waals surface area contributed by atoms with Gasteiger partial charge in [0.1, 0.15) is 0 Å². The number of oxazole rings is 1. The quantitative estimate of drug-likeness (QED) is 0.198. The van der Waals surface area contributed by atoms with Crippen molar-refractivity contribution in [1.29, 1.82) is 0 Å². The zero-order valence-electron chi connectivity index (χ0n) is 37.0. The number of urea groups is 1. The number of likely N-dealkylation sites (tertiary alicyclic amines) is 2. The molecule has 17 heteroatoms. The third-order valence-corrected chi connectivity index (χ3v) is 13.7. The summed E-state index contributed by atoms with van der Waals surface area (Å²) in [6, 6.07) is 11.7. The van der Waals surface area contributed by atoms with Crippen LogP contribution in [0, 0.1) is 6.92 Å². The second kappa shape index (κ2) is 20.7. The molecule has 0 spiro atoms. The van der Waals surface area contributed by atoms with Gasteiger partial charge < -0.3 is 43.5 Å². The highest BCUT2D eigenvalue weighted by atomic mass is 16.6. The van der Waals surface area contributed by atoms with E-state index in [9.17, 15) is 24.0 Å². The first-order valence-electron chi connectivity index (χ1n) is 23.0. The van der Waals surface area contributed by atoms with Crippen molar-refractivity contribution in [2.75, 3.05) is 110 Å². The summed E-state index contributed by atoms with van der Waals surface area (Å²) in [5.41, 5.74) is 4.61. The Hall–Kier alpha value is -4.97. The van der Waals surface area contributed by atoms with Gasteiger partial charge >= 0.3 is 23.8 Å². The number of fused-ring (bicyclic) bond motifs is 2. The van der Waals surface area contributed by atoms with Crippen molar-refractivity contribution in [3.05, 3.63) is 63.6 Å². The van der Waals surface area contributed by atoms with E-state index in [1.54, 1.807) is 18.0 Å². The van der Waals surface area contributed by atoms with E-state index in [1.165, 1.54) is 4.57 Å². The van der Waals surface area contributed by atoms with Crippen molar-refractivity contribution in [3.63, 3.8) is 0 Å². The first kappa shape index (κ1) is 44.6. The van der Waals surface area contributed by atoms with Crippen molar-refractivity contribution in [2.45, 2.75) is 76.5 Å². The average molecular weight is 873 g/mol. The molecule has 0 radical (unpaired) electrons. The lowest BCUT2D eigenvalue weighted by Gasteiger charge is -2.43. The summed E-state index contributed by atoms with van der Waals surface area (Å²) >= 11 is 0. The molecule has 17 nitrogen and oxygen atoms in total. The van der Waals surface area contributed by atoms with Gasteiger partial charge in [-0.15, -0.1) is 0 Å². The van der Waals surface area contributed by atoms with Crippen LogP contribution in [-0.4, -0.2) is 181 Å². The largest absolute Gasteiger partial charge is 0.466 e. The third kappa shape index (κ3) is 11.0. The van der Waals surface area contributed by atoms with E-state index in [2.05, 4.69) is 20.0 Å². The van der Waals surface area contributed by atoms with Crippen molar-refractivity contribution in [2.24, 2.45) is 7.05 Å². The van der Waals surface area contributed by atoms with Crippen LogP contribution in [-0.2, 0) is 43.7 Å². The van der Waals surface area contributed by atoms with E-state index in [-0.39, 0.29) is 30.4 Å². The Bertz CT molecular complexity index is 2130. The molecule has 0 saturated carbocycles. The lowest BCUT2D eigenvalue weighted by molar-refractivity contribution is -0.144. The summed E-state index contributed by atoms with van der Waals surface area (Å²) in [7, 11) is 1.66. The average Bonchev–Trinajstić information content (AvgIpc) is 3.48. The Balaban J connectivity index is 0.824. The number of para-hydroxylation sites is 1. The van der Waals surface area contributed by atoms with E-state index in [0.717, 1.165) is 107 Å². The lowest BCUT2D eigenvalue weighted by atomic mass is 9.99. The number of ether oxygens (including phenoxy) is 3. The summed E-state index contributed by atoms with van der Waals surface area (Å²) in [6.07, 6.45) is 3.32. The topological polar surface area (TPSA) is 163 Å². The van der Waals surface area contributed by atoms with Crippen LogP contribution in [0.15, 0.2) is 45.6 Å². The highest BCUT2D eigenvalue weighted by Crippen LogP contribution is 2.27. The number of piperazine rings is 1. The van der Waals surface area contributed by atoms with Gasteiger partial charge in [0.15, 0.2) is 11.7 Å². The number of amides is 4. The smallest absolute Gasteiger partial charge is 0.419 e. The zero-order chi connectivity index (χ0) is 43.9. The molecule has 342 valence electrons. The molecule has 0 aliphatic carbocycles. The SMILES string of the molecule is Cc1cc(C[C@@H](OC(=O)N2CCC(N3CCc4ccccc4NC3=O)CC2)C(=O)N2CCC(N3CCN(CCC(=O)OCCCN4CCOCC4)CC3)CC2)cc2oc(=O)n(C)c12. The number of piperidine rings is 2. The summed E-state index contributed by atoms with van der Waals surface area (Å²) in [5.74, 6) is -0.842. The number of benzene rings is 2. The van der Waals surface area contributed by atoms with Crippen LogP contribution < -0.4 is 11.1 Å². The van der Waals surface area contributed by atoms with Gasteiger partial charge in [-0.3, -0.25) is 24.0 Å².